The van der Waals surface area contributed by atoms with E-state index >= 15 is 0 Å². The molecule has 0 unspecified atom stereocenters. The number of likely N-dealkylation sites (tertiary alicyclic amines) is 1. The monoisotopic (exact) mass is 446 g/mol. The molecule has 7 heteroatoms. The molecule has 33 heavy (non-hydrogen) atoms. The van der Waals surface area contributed by atoms with Crippen LogP contribution in [0.3, 0.4) is 0 Å². The molecule has 1 aliphatic rings. The molecule has 1 heterocycles. The molecule has 0 atom stereocenters. The summed E-state index contributed by atoms with van der Waals surface area (Å²) in [5.41, 5.74) is 4.20. The fraction of sp³-hybridized carbons (Fsp3) is 0.269. The van der Waals surface area contributed by atoms with Crippen molar-refractivity contribution in [3.8, 4) is 16.9 Å². The van der Waals surface area contributed by atoms with Crippen LogP contribution in [0, 0.1) is 0 Å². The first kappa shape index (κ1) is 22.8. The summed E-state index contributed by atoms with van der Waals surface area (Å²) in [6.45, 7) is 3.93. The summed E-state index contributed by atoms with van der Waals surface area (Å²) in [7, 11) is 0. The SMILES string of the molecule is O=C(NCCc1ccc(CN2CCCC2)cc1)c1ccc(-c2ccc([O-])c(N(O)O)c2)cc1. The van der Waals surface area contributed by atoms with Gasteiger partial charge in [0.2, 0.25) is 0 Å². The van der Waals surface area contributed by atoms with Gasteiger partial charge in [0.1, 0.15) is 0 Å². The maximum absolute atomic E-state index is 12.5. The fourth-order valence-corrected chi connectivity index (χ4v) is 4.10. The van der Waals surface area contributed by atoms with Crippen LogP contribution in [-0.4, -0.2) is 40.9 Å². The molecule has 172 valence electrons. The minimum Gasteiger partial charge on any atom is -0.871 e. The number of nitrogens with zero attached hydrogens (tertiary/aromatic N) is 2. The van der Waals surface area contributed by atoms with Crippen molar-refractivity contribution >= 4 is 11.6 Å². The van der Waals surface area contributed by atoms with Gasteiger partial charge in [0.05, 0.1) is 5.69 Å². The van der Waals surface area contributed by atoms with Crippen molar-refractivity contribution < 1.29 is 20.3 Å². The standard InChI is InChI=1S/C26H29N3O4/c30-25-12-11-23(17-24(25)29(32)33)21-7-9-22(10-8-21)26(31)27-14-13-19-3-5-20(6-4-19)18-28-15-1-2-16-28/h3-12,17,30,32-33H,1-2,13-16,18H2,(H,27,31)/p-1. The Labute approximate surface area is 193 Å². The van der Waals surface area contributed by atoms with Crippen LogP contribution in [-0.2, 0) is 13.0 Å². The topological polar surface area (TPSA) is 99.1 Å². The molecule has 1 aliphatic heterocycles. The van der Waals surface area contributed by atoms with Gasteiger partial charge in [-0.2, -0.15) is 0 Å². The molecule has 0 spiro atoms. The van der Waals surface area contributed by atoms with Crippen LogP contribution in [0.4, 0.5) is 5.69 Å². The highest BCUT2D eigenvalue weighted by Crippen LogP contribution is 2.29. The first-order chi connectivity index (χ1) is 16.0. The quantitative estimate of drug-likeness (QED) is 0.458. The van der Waals surface area contributed by atoms with Crippen molar-refractivity contribution in [2.45, 2.75) is 25.8 Å². The van der Waals surface area contributed by atoms with Crippen molar-refractivity contribution in [1.82, 2.24) is 10.2 Å². The zero-order valence-corrected chi connectivity index (χ0v) is 18.4. The average molecular weight is 447 g/mol. The minimum atomic E-state index is -0.499. The summed E-state index contributed by atoms with van der Waals surface area (Å²) < 4.78 is 0. The molecule has 1 fully saturated rings. The van der Waals surface area contributed by atoms with E-state index in [1.54, 1.807) is 30.3 Å². The third kappa shape index (κ3) is 5.90. The number of nitrogens with one attached hydrogen (secondary N) is 1. The van der Waals surface area contributed by atoms with Crippen LogP contribution in [0.15, 0.2) is 66.7 Å². The molecule has 0 aliphatic carbocycles. The first-order valence-corrected chi connectivity index (χ1v) is 11.2. The highest BCUT2D eigenvalue weighted by atomic mass is 16.8. The van der Waals surface area contributed by atoms with Gasteiger partial charge >= 0.3 is 0 Å². The van der Waals surface area contributed by atoms with E-state index in [2.05, 4.69) is 34.5 Å². The lowest BCUT2D eigenvalue weighted by Crippen LogP contribution is -2.25. The van der Waals surface area contributed by atoms with Crippen LogP contribution < -0.4 is 15.6 Å². The average Bonchev–Trinajstić information content (AvgIpc) is 3.33. The summed E-state index contributed by atoms with van der Waals surface area (Å²) in [5, 5.41) is 32.7. The van der Waals surface area contributed by atoms with E-state index in [1.165, 1.54) is 49.2 Å². The van der Waals surface area contributed by atoms with E-state index in [1.807, 2.05) is 0 Å². The lowest BCUT2D eigenvalue weighted by molar-refractivity contribution is -0.268. The summed E-state index contributed by atoms with van der Waals surface area (Å²) in [5.74, 6) is -0.652. The highest BCUT2D eigenvalue weighted by Gasteiger charge is 2.12. The van der Waals surface area contributed by atoms with Crippen LogP contribution in [0.5, 0.6) is 5.75 Å². The number of amides is 1. The number of hydrogen-bond acceptors (Lipinski definition) is 6. The Hall–Kier alpha value is -3.39. The van der Waals surface area contributed by atoms with Gasteiger partial charge in [-0.3, -0.25) is 20.1 Å². The molecule has 0 bridgehead atoms. The number of carbonyl (C=O) groups excluding carboxylic acids is 1. The third-order valence-corrected chi connectivity index (χ3v) is 5.98. The van der Waals surface area contributed by atoms with Crippen LogP contribution >= 0.6 is 0 Å². The number of anilines is 1. The van der Waals surface area contributed by atoms with Gasteiger partial charge in [-0.15, -0.1) is 5.23 Å². The Kier molecular flexibility index (Phi) is 7.24. The molecule has 3 N–H and O–H groups in total. The summed E-state index contributed by atoms with van der Waals surface area (Å²) in [6.07, 6.45) is 3.35. The third-order valence-electron chi connectivity index (χ3n) is 5.98. The van der Waals surface area contributed by atoms with E-state index < -0.39 is 5.75 Å². The molecule has 1 amide bonds. The van der Waals surface area contributed by atoms with E-state index in [-0.39, 0.29) is 16.8 Å². The van der Waals surface area contributed by atoms with E-state index in [0.29, 0.717) is 17.7 Å². The number of hydrogen-bond donors (Lipinski definition) is 3. The second kappa shape index (κ2) is 10.5. The lowest BCUT2D eigenvalue weighted by atomic mass is 10.0. The first-order valence-electron chi connectivity index (χ1n) is 11.2. The molecule has 7 nitrogen and oxygen atoms in total. The summed E-state index contributed by atoms with van der Waals surface area (Å²) in [4.78, 5) is 15.0. The van der Waals surface area contributed by atoms with Crippen LogP contribution in [0.1, 0.15) is 34.3 Å². The molecule has 3 aromatic carbocycles. The van der Waals surface area contributed by atoms with Gasteiger partial charge < -0.3 is 10.4 Å². The zero-order valence-electron chi connectivity index (χ0n) is 18.4. The summed E-state index contributed by atoms with van der Waals surface area (Å²) in [6, 6.07) is 19.8. The molecule has 1 saturated heterocycles. The van der Waals surface area contributed by atoms with Gasteiger partial charge in [0.25, 0.3) is 5.91 Å². The Morgan fingerprint density at radius 2 is 1.55 bits per heavy atom. The maximum atomic E-state index is 12.5. The molecular formula is C26H28N3O4-. The Balaban J connectivity index is 1.29. The Morgan fingerprint density at radius 3 is 2.21 bits per heavy atom. The smallest absolute Gasteiger partial charge is 0.251 e. The van der Waals surface area contributed by atoms with Gasteiger partial charge in [0, 0.05) is 18.7 Å². The van der Waals surface area contributed by atoms with Gasteiger partial charge in [-0.25, -0.2) is 0 Å². The van der Waals surface area contributed by atoms with Crippen molar-refractivity contribution in [3.05, 3.63) is 83.4 Å². The molecule has 0 saturated carbocycles. The molecule has 3 aromatic rings. The normalized spacial score (nSPS) is 13.8. The van der Waals surface area contributed by atoms with Crippen molar-refractivity contribution in [2.24, 2.45) is 0 Å². The van der Waals surface area contributed by atoms with Crippen molar-refractivity contribution in [2.75, 3.05) is 24.9 Å². The maximum Gasteiger partial charge on any atom is 0.251 e. The second-order valence-corrected chi connectivity index (χ2v) is 8.35. The lowest BCUT2D eigenvalue weighted by Gasteiger charge is -2.18. The van der Waals surface area contributed by atoms with Gasteiger partial charge in [-0.05, 0) is 72.8 Å². The molecular weight excluding hydrogens is 418 g/mol. The highest BCUT2D eigenvalue weighted by molar-refractivity contribution is 5.94. The predicted molar refractivity (Wildman–Crippen MR) is 124 cm³/mol. The number of rotatable bonds is 8. The van der Waals surface area contributed by atoms with E-state index in [0.717, 1.165) is 18.5 Å². The molecule has 4 rings (SSSR count). The summed E-state index contributed by atoms with van der Waals surface area (Å²) >= 11 is 0. The Bertz CT molecular complexity index is 1080. The van der Waals surface area contributed by atoms with Crippen molar-refractivity contribution in [1.29, 1.82) is 0 Å². The van der Waals surface area contributed by atoms with Crippen LogP contribution in [0.2, 0.25) is 0 Å². The van der Waals surface area contributed by atoms with E-state index in [9.17, 15) is 9.90 Å². The second-order valence-electron chi connectivity index (χ2n) is 8.35. The number of carbonyl (C=O) groups is 1. The van der Waals surface area contributed by atoms with Crippen molar-refractivity contribution in [3.63, 3.8) is 0 Å². The van der Waals surface area contributed by atoms with Gasteiger partial charge in [-0.1, -0.05) is 54.3 Å². The zero-order chi connectivity index (χ0) is 23.2. The Morgan fingerprint density at radius 1 is 0.909 bits per heavy atom. The largest absolute Gasteiger partial charge is 0.871 e. The molecule has 0 aromatic heterocycles. The van der Waals surface area contributed by atoms with Crippen LogP contribution in [0.25, 0.3) is 11.1 Å². The number of benzene rings is 3. The van der Waals surface area contributed by atoms with Gasteiger partial charge in [0.15, 0.2) is 0 Å². The fourth-order valence-electron chi connectivity index (χ4n) is 4.10. The predicted octanol–water partition coefficient (Wildman–Crippen LogP) is 3.58. The van der Waals surface area contributed by atoms with E-state index in [4.69, 9.17) is 10.4 Å². The minimum absolute atomic E-state index is 0.153. The molecule has 0 radical (unpaired) electrons.